The third kappa shape index (κ3) is 15.7. The number of aliphatic carboxylic acids is 3. The van der Waals surface area contributed by atoms with Crippen LogP contribution in [0.15, 0.2) is 35.5 Å². The van der Waals surface area contributed by atoms with Crippen LogP contribution in [0.1, 0.15) is 57.9 Å². The number of fused-ring (bicyclic) bond motifs is 1. The van der Waals surface area contributed by atoms with E-state index in [0.717, 1.165) is 10.9 Å². The van der Waals surface area contributed by atoms with Gasteiger partial charge in [-0.1, -0.05) is 32.0 Å². The summed E-state index contributed by atoms with van der Waals surface area (Å²) in [4.78, 5) is 108. The summed E-state index contributed by atoms with van der Waals surface area (Å²) in [7, 11) is 0. The Morgan fingerprint density at radius 1 is 0.745 bits per heavy atom. The number of nitrogens with two attached hydrogens (primary N) is 3. The number of carbonyl (C=O) groups excluding carboxylic acids is 5. The number of carboxylic acids is 3. The lowest BCUT2D eigenvalue weighted by Gasteiger charge is -2.27. The fourth-order valence-corrected chi connectivity index (χ4v) is 5.46. The summed E-state index contributed by atoms with van der Waals surface area (Å²) in [6.45, 7) is 2.90. The van der Waals surface area contributed by atoms with E-state index in [9.17, 15) is 53.7 Å². The van der Waals surface area contributed by atoms with E-state index >= 15 is 0 Å². The van der Waals surface area contributed by atoms with Gasteiger partial charge < -0.3 is 64.1 Å². The van der Waals surface area contributed by atoms with E-state index in [1.165, 1.54) is 0 Å². The molecule has 5 atom stereocenters. The summed E-state index contributed by atoms with van der Waals surface area (Å²) in [6, 6.07) is -0.284. The van der Waals surface area contributed by atoms with Crippen LogP contribution < -0.4 is 43.8 Å². The lowest BCUT2D eigenvalue weighted by molar-refractivity contribution is -0.142. The SMILES string of the molecule is CC(C)C[C@H](NC(=O)[C@H](CC(=O)O)NC(=O)CN)C(=O)N[C@@H](CCC(=O)O)C(=O)N[C@@H](CCCN=C(N)N)C(=O)N[C@@H](Cc1c[nH]c2ccccc12)C(=O)O. The summed E-state index contributed by atoms with van der Waals surface area (Å²) < 4.78 is 0. The van der Waals surface area contributed by atoms with Gasteiger partial charge >= 0.3 is 17.9 Å². The summed E-state index contributed by atoms with van der Waals surface area (Å²) in [5.74, 6) is -9.31. The third-order valence-electron chi connectivity index (χ3n) is 8.13. The van der Waals surface area contributed by atoms with Crippen LogP contribution in [0.4, 0.5) is 0 Å². The predicted octanol–water partition coefficient (Wildman–Crippen LogP) is -2.38. The van der Waals surface area contributed by atoms with E-state index in [1.807, 2.05) is 0 Å². The maximum atomic E-state index is 13.7. The second kappa shape index (κ2) is 22.1. The minimum atomic E-state index is -1.61. The highest BCUT2D eigenvalue weighted by Gasteiger charge is 2.33. The van der Waals surface area contributed by atoms with Gasteiger partial charge in [-0.15, -0.1) is 0 Å². The largest absolute Gasteiger partial charge is 0.481 e. The molecule has 1 heterocycles. The zero-order valence-corrected chi connectivity index (χ0v) is 30.5. The first-order valence-corrected chi connectivity index (χ1v) is 17.4. The van der Waals surface area contributed by atoms with Gasteiger partial charge in [-0.25, -0.2) is 4.79 Å². The molecular weight excluding hydrogens is 724 g/mol. The molecule has 0 aliphatic heterocycles. The standard InChI is InChI=1S/C34H50N10O11/c1-17(2)12-23(43-32(53)24(14-28(48)49)40-26(45)15-35)31(52)42-22(9-10-27(46)47)30(51)41-21(8-5-11-38-34(36)37)29(50)44-25(33(54)55)13-18-16-39-20-7-4-3-6-19(18)20/h3-4,6-7,16-17,21-25,39H,5,8-15,35H2,1-2H3,(H,40,45)(H,41,51)(H,42,52)(H,43,53)(H,44,50)(H,46,47)(H,48,49)(H,54,55)(H4,36,37,38)/t21-,22-,23-,24-,25-/m0/s1. The van der Waals surface area contributed by atoms with Crippen molar-refractivity contribution in [2.75, 3.05) is 13.1 Å². The van der Waals surface area contributed by atoms with E-state index in [0.29, 0.717) is 5.56 Å². The Bertz CT molecular complexity index is 1720. The molecule has 21 nitrogen and oxygen atoms in total. The number of aromatic nitrogens is 1. The third-order valence-corrected chi connectivity index (χ3v) is 8.13. The number of guanidine groups is 1. The zero-order chi connectivity index (χ0) is 41.2. The van der Waals surface area contributed by atoms with Crippen LogP contribution in [0.2, 0.25) is 0 Å². The fourth-order valence-electron chi connectivity index (χ4n) is 5.46. The van der Waals surface area contributed by atoms with Crippen LogP contribution in [0.3, 0.4) is 0 Å². The molecule has 2 rings (SSSR count). The highest BCUT2D eigenvalue weighted by atomic mass is 16.4. The van der Waals surface area contributed by atoms with Gasteiger partial charge in [-0.2, -0.15) is 0 Å². The average Bonchev–Trinajstić information content (AvgIpc) is 3.51. The van der Waals surface area contributed by atoms with Crippen molar-refractivity contribution in [1.82, 2.24) is 31.6 Å². The van der Waals surface area contributed by atoms with Gasteiger partial charge in [0.2, 0.25) is 29.5 Å². The molecule has 0 saturated carbocycles. The summed E-state index contributed by atoms with van der Waals surface area (Å²) in [5, 5.41) is 41.3. The van der Waals surface area contributed by atoms with Gasteiger partial charge in [0, 0.05) is 36.5 Å². The van der Waals surface area contributed by atoms with Crippen molar-refractivity contribution in [2.45, 2.75) is 89.0 Å². The first kappa shape index (κ1) is 44.9. The maximum Gasteiger partial charge on any atom is 0.326 e. The molecule has 21 heteroatoms. The predicted molar refractivity (Wildman–Crippen MR) is 197 cm³/mol. The fraction of sp³-hybridized carbons (Fsp3) is 0.500. The molecule has 302 valence electrons. The van der Waals surface area contributed by atoms with Gasteiger partial charge in [-0.05, 0) is 43.2 Å². The molecule has 0 radical (unpaired) electrons. The minimum Gasteiger partial charge on any atom is -0.481 e. The summed E-state index contributed by atoms with van der Waals surface area (Å²) >= 11 is 0. The van der Waals surface area contributed by atoms with Crippen LogP contribution in [0.25, 0.3) is 10.9 Å². The Balaban J connectivity index is 2.35. The molecule has 2 aromatic rings. The second-order valence-electron chi connectivity index (χ2n) is 13.1. The number of nitrogens with one attached hydrogen (secondary N) is 6. The van der Waals surface area contributed by atoms with E-state index in [4.69, 9.17) is 17.2 Å². The lowest BCUT2D eigenvalue weighted by Crippen LogP contribution is -2.59. The van der Waals surface area contributed by atoms with E-state index in [-0.39, 0.29) is 44.1 Å². The number of rotatable bonds is 24. The Labute approximate surface area is 315 Å². The van der Waals surface area contributed by atoms with Crippen LogP contribution in [0, 0.1) is 5.92 Å². The van der Waals surface area contributed by atoms with Crippen molar-refractivity contribution in [2.24, 2.45) is 28.1 Å². The van der Waals surface area contributed by atoms with Crippen molar-refractivity contribution in [3.63, 3.8) is 0 Å². The lowest BCUT2D eigenvalue weighted by atomic mass is 10.0. The van der Waals surface area contributed by atoms with Gasteiger partial charge in [0.1, 0.15) is 30.2 Å². The van der Waals surface area contributed by atoms with Crippen LogP contribution in [-0.2, 0) is 44.8 Å². The molecule has 0 spiro atoms. The molecule has 0 fully saturated rings. The Hall–Kier alpha value is -6.25. The topological polar surface area (TPSA) is 364 Å². The zero-order valence-electron chi connectivity index (χ0n) is 30.5. The summed E-state index contributed by atoms with van der Waals surface area (Å²) in [6.07, 6.45) is -0.435. The molecule has 0 unspecified atom stereocenters. The second-order valence-corrected chi connectivity index (χ2v) is 13.1. The molecule has 55 heavy (non-hydrogen) atoms. The van der Waals surface area contributed by atoms with E-state index < -0.39 is 103 Å². The monoisotopic (exact) mass is 774 g/mol. The van der Waals surface area contributed by atoms with Crippen molar-refractivity contribution in [1.29, 1.82) is 0 Å². The Morgan fingerprint density at radius 3 is 1.87 bits per heavy atom. The van der Waals surface area contributed by atoms with Crippen molar-refractivity contribution in [3.8, 4) is 0 Å². The Morgan fingerprint density at radius 2 is 1.31 bits per heavy atom. The number of amides is 5. The molecule has 1 aromatic carbocycles. The van der Waals surface area contributed by atoms with E-state index in [1.54, 1.807) is 44.3 Å². The van der Waals surface area contributed by atoms with Crippen LogP contribution >= 0.6 is 0 Å². The maximum absolute atomic E-state index is 13.7. The van der Waals surface area contributed by atoms with Crippen LogP contribution in [-0.4, -0.2) is 117 Å². The molecule has 15 N–H and O–H groups in total. The quantitative estimate of drug-likeness (QED) is 0.0301. The Kier molecular flexibility index (Phi) is 18.0. The number of benzene rings is 1. The number of aromatic amines is 1. The number of para-hydroxylation sites is 1. The smallest absolute Gasteiger partial charge is 0.326 e. The number of hydrogen-bond donors (Lipinski definition) is 12. The van der Waals surface area contributed by atoms with Crippen LogP contribution in [0.5, 0.6) is 0 Å². The number of hydrogen-bond acceptors (Lipinski definition) is 10. The average molecular weight is 775 g/mol. The number of carboxylic acid groups (broad SMARTS) is 3. The molecule has 0 bridgehead atoms. The van der Waals surface area contributed by atoms with Gasteiger partial charge in [0.05, 0.1) is 13.0 Å². The van der Waals surface area contributed by atoms with E-state index in [2.05, 4.69) is 36.6 Å². The normalized spacial score (nSPS) is 13.7. The molecule has 0 saturated heterocycles. The number of aliphatic imine (C=N–C) groups is 1. The highest BCUT2D eigenvalue weighted by molar-refractivity contribution is 5.97. The minimum absolute atomic E-state index is 0.0295. The number of H-pyrrole nitrogens is 1. The van der Waals surface area contributed by atoms with Crippen molar-refractivity contribution in [3.05, 3.63) is 36.0 Å². The van der Waals surface area contributed by atoms with Crippen molar-refractivity contribution >= 4 is 64.3 Å². The molecule has 0 aliphatic carbocycles. The number of nitrogens with zero attached hydrogens (tertiary/aromatic N) is 1. The molecule has 5 amide bonds. The first-order chi connectivity index (χ1) is 25.9. The number of carbonyl (C=O) groups is 8. The molecule has 1 aromatic heterocycles. The van der Waals surface area contributed by atoms with Gasteiger partial charge in [-0.3, -0.25) is 38.6 Å². The summed E-state index contributed by atoms with van der Waals surface area (Å²) in [5.41, 5.74) is 17.4. The van der Waals surface area contributed by atoms with Crippen molar-refractivity contribution < 1.29 is 53.7 Å². The van der Waals surface area contributed by atoms with Gasteiger partial charge in [0.15, 0.2) is 5.96 Å². The first-order valence-electron chi connectivity index (χ1n) is 17.4. The molecule has 0 aliphatic rings. The molecular formula is C34H50N10O11. The highest BCUT2D eigenvalue weighted by Crippen LogP contribution is 2.19. The van der Waals surface area contributed by atoms with Gasteiger partial charge in [0.25, 0.3) is 0 Å².